The quantitative estimate of drug-likeness (QED) is 0.0199. The highest BCUT2D eigenvalue weighted by atomic mass is 31.2. The zero-order chi connectivity index (χ0) is 76.2. The van der Waals surface area contributed by atoms with Gasteiger partial charge in [-0.1, -0.05) is 0 Å². The number of nitrogens with zero attached hydrogens (tertiary/aromatic N) is 1. The molecule has 0 radical (unpaired) electrons. The molecule has 16 unspecified atom stereocenters. The zero-order valence-electron chi connectivity index (χ0n) is 59.2. The summed E-state index contributed by atoms with van der Waals surface area (Å²) in [6.07, 6.45) is -16.6. The van der Waals surface area contributed by atoms with Gasteiger partial charge in [-0.3, -0.25) is 42.9 Å². The van der Waals surface area contributed by atoms with Crippen molar-refractivity contribution >= 4 is 54.9 Å². The summed E-state index contributed by atoms with van der Waals surface area (Å²) >= 11 is 0. The van der Waals surface area contributed by atoms with Crippen LogP contribution in [0.2, 0.25) is 0 Å². The van der Waals surface area contributed by atoms with Crippen LogP contribution in [0, 0.1) is 5.92 Å². The summed E-state index contributed by atoms with van der Waals surface area (Å²) in [6.45, 7) is 4.73. The Morgan fingerprint density at radius 2 is 0.796 bits per heavy atom. The molecule has 596 valence electrons. The highest BCUT2D eigenvalue weighted by molar-refractivity contribution is 7.54. The maximum absolute atomic E-state index is 14.8. The van der Waals surface area contributed by atoms with Crippen molar-refractivity contribution in [3.8, 4) is 0 Å². The first-order chi connectivity index (χ1) is 48.9. The normalized spacial score (nSPS) is 28.2. The maximum atomic E-state index is 14.8. The van der Waals surface area contributed by atoms with E-state index in [4.69, 9.17) is 61.4 Å². The van der Waals surface area contributed by atoms with Crippen molar-refractivity contribution in [2.24, 2.45) is 5.92 Å². The van der Waals surface area contributed by atoms with E-state index in [-0.39, 0.29) is 157 Å². The molecule has 0 spiro atoms. The lowest BCUT2D eigenvalue weighted by molar-refractivity contribution is -0.272. The molecule has 4 fully saturated rings. The van der Waals surface area contributed by atoms with Gasteiger partial charge in [0, 0.05) is 52.7 Å². The highest BCUT2D eigenvalue weighted by Crippen LogP contribution is 2.57. The van der Waals surface area contributed by atoms with E-state index in [0.29, 0.717) is 0 Å². The number of carbonyl (C=O) groups excluding carboxylic acids is 8. The molecule has 3 heterocycles. The fourth-order valence-corrected chi connectivity index (χ4v) is 11.8. The molecule has 103 heavy (non-hydrogen) atoms. The zero-order valence-corrected chi connectivity index (χ0v) is 60.1. The van der Waals surface area contributed by atoms with E-state index in [2.05, 4.69) is 37.2 Å². The van der Waals surface area contributed by atoms with Crippen molar-refractivity contribution in [1.29, 1.82) is 0 Å². The third kappa shape index (κ3) is 32.2. The van der Waals surface area contributed by atoms with Crippen LogP contribution in [0.25, 0.3) is 0 Å². The Hall–Kier alpha value is -4.93. The molecule has 4 rings (SSSR count). The Labute approximate surface area is 597 Å². The lowest BCUT2D eigenvalue weighted by Crippen LogP contribution is -2.64. The van der Waals surface area contributed by atoms with Crippen LogP contribution in [-0.4, -0.2) is 364 Å². The summed E-state index contributed by atoms with van der Waals surface area (Å²) in [5.74, 6) is -5.85. The van der Waals surface area contributed by atoms with Crippen LogP contribution in [0.5, 0.6) is 0 Å². The average Bonchev–Trinajstić information content (AvgIpc) is 0.763. The summed E-state index contributed by atoms with van der Waals surface area (Å²) in [5.41, 5.74) is 0. The lowest BCUT2D eigenvalue weighted by atomic mass is 9.86. The van der Waals surface area contributed by atoms with Crippen LogP contribution in [0.15, 0.2) is 0 Å². The monoisotopic (exact) mass is 1510 g/mol. The minimum atomic E-state index is -4.06. The molecular formula is C62H111N8O32P. The smallest absolute Gasteiger partial charge is 0.333 e. The molecule has 17 atom stereocenters. The van der Waals surface area contributed by atoms with Crippen LogP contribution in [0.3, 0.4) is 0 Å². The first-order valence-corrected chi connectivity index (χ1v) is 35.9. The van der Waals surface area contributed by atoms with Gasteiger partial charge in [0.25, 0.3) is 0 Å². The predicted octanol–water partition coefficient (Wildman–Crippen LogP) is -8.03. The van der Waals surface area contributed by atoms with Gasteiger partial charge >= 0.3 is 7.60 Å². The van der Waals surface area contributed by atoms with Crippen molar-refractivity contribution < 1.29 is 155 Å². The Bertz CT molecular complexity index is 2520. The van der Waals surface area contributed by atoms with Crippen LogP contribution in [0.4, 0.5) is 0 Å². The van der Waals surface area contributed by atoms with E-state index in [1.807, 2.05) is 0 Å². The standard InChI is InChI=1S/C62H111N8O32P/c1-36(74)66-48-54(83)51(80)42(33-71)99-59(48)96-28-25-93-22-19-90-16-13-63-45(77)12-11-41(69-57(86)39-7-9-40(10-8-39)102-103(88,89)62(4,5)6)58(87)70(31-46(78)64-14-17-91-20-23-94-26-29-97-60-49(67-37(2)75)55(84)52(81)43(34-72)100-60)32-47(79)65-15-18-92-21-24-95-27-30-98-61-50(68-38(3)76)56(85)53(82)44(35-73)101-61/h39-44,48-56,59-61,71-73,80-85H,7-35H2,1-6H3,(H,63,77)(H,64,78)(H,65,79)(H,66,74)(H,67,75)(H,68,76)(H,69,86)(H,88,89)/t39?,40?,41?,42?,43?,44?,48?,49?,50?,51-,52?,53?,54?,55?,56?,59?,60?,61?/m0/s1. The van der Waals surface area contributed by atoms with Gasteiger partial charge < -0.3 is 154 Å². The van der Waals surface area contributed by atoms with Crippen LogP contribution >= 0.6 is 7.60 Å². The number of rotatable bonds is 48. The number of ether oxygens (including phenoxy) is 12. The minimum Gasteiger partial charge on any atom is -0.394 e. The van der Waals surface area contributed by atoms with Crippen molar-refractivity contribution in [2.45, 2.75) is 189 Å². The summed E-state index contributed by atoms with van der Waals surface area (Å²) in [4.78, 5) is 116. The topological polar surface area (TPSA) is 563 Å². The number of hydrogen-bond acceptors (Lipinski definition) is 31. The summed E-state index contributed by atoms with van der Waals surface area (Å²) in [6, 6.07) is -4.92. The van der Waals surface area contributed by atoms with E-state index in [9.17, 15) is 93.8 Å². The van der Waals surface area contributed by atoms with Gasteiger partial charge in [0.15, 0.2) is 18.9 Å². The van der Waals surface area contributed by atoms with Crippen LogP contribution in [0.1, 0.15) is 80.1 Å². The van der Waals surface area contributed by atoms with E-state index in [1.165, 1.54) is 20.8 Å². The van der Waals surface area contributed by atoms with Gasteiger partial charge in [-0.25, -0.2) is 0 Å². The first kappa shape index (κ1) is 90.5. The molecule has 1 aliphatic carbocycles. The molecule has 41 heteroatoms. The molecular weight excluding hydrogens is 1400 g/mol. The molecule has 0 aromatic rings. The van der Waals surface area contributed by atoms with E-state index >= 15 is 0 Å². The SMILES string of the molecule is CC(=O)NC1C(OCCOCCOCCNC(=O)CN(CC(=O)NCCOCCOCCOC2OC(CO)C(O)C(O)C2NC(C)=O)C(=O)C(CCC(=O)NCCOCCOCCOC2OC(CO)[C@H](O)C(O)C2NC(C)=O)NC(=O)C2CCC(OP(=O)(O)C(C)(C)C)CC2)OC(CO)C(O)C1O. The number of amides is 8. The third-order valence-corrected chi connectivity index (χ3v) is 18.8. The molecule has 17 N–H and O–H groups in total. The van der Waals surface area contributed by atoms with Crippen molar-refractivity contribution in [3.05, 3.63) is 0 Å². The van der Waals surface area contributed by atoms with Crippen LogP contribution < -0.4 is 37.2 Å². The van der Waals surface area contributed by atoms with E-state index < -0.39 is 203 Å². The maximum Gasteiger partial charge on any atom is 0.333 e. The van der Waals surface area contributed by atoms with Crippen molar-refractivity contribution in [3.63, 3.8) is 0 Å². The second-order valence-electron chi connectivity index (χ2n) is 25.7. The minimum absolute atomic E-state index is 0.00170. The van der Waals surface area contributed by atoms with Gasteiger partial charge in [0.05, 0.1) is 130 Å². The second kappa shape index (κ2) is 47.7. The first-order valence-electron chi connectivity index (χ1n) is 34.3. The second-order valence-corrected chi connectivity index (χ2v) is 28.3. The Balaban J connectivity index is 1.34. The molecule has 4 aliphatic rings. The Morgan fingerprint density at radius 1 is 0.476 bits per heavy atom. The Morgan fingerprint density at radius 3 is 1.12 bits per heavy atom. The van der Waals surface area contributed by atoms with Crippen LogP contribution in [-0.2, 0) is 104 Å². The average molecular weight is 1510 g/mol. The van der Waals surface area contributed by atoms with Gasteiger partial charge in [0.1, 0.15) is 92.2 Å². The van der Waals surface area contributed by atoms with E-state index in [1.54, 1.807) is 20.8 Å². The number of hydrogen-bond donors (Lipinski definition) is 17. The number of carbonyl (C=O) groups is 8. The Kier molecular flexibility index (Phi) is 41.9. The lowest BCUT2D eigenvalue weighted by Gasteiger charge is -2.42. The summed E-state index contributed by atoms with van der Waals surface area (Å²) in [7, 11) is -4.06. The molecule has 0 aromatic carbocycles. The van der Waals surface area contributed by atoms with Gasteiger partial charge in [-0.2, -0.15) is 0 Å². The molecule has 3 aliphatic heterocycles. The van der Waals surface area contributed by atoms with Gasteiger partial charge in [-0.05, 0) is 52.9 Å². The molecule has 0 aromatic heterocycles. The highest BCUT2D eigenvalue weighted by Gasteiger charge is 2.48. The number of aliphatic hydroxyl groups excluding tert-OH is 9. The number of aliphatic hydroxyl groups is 9. The predicted molar refractivity (Wildman–Crippen MR) is 352 cm³/mol. The largest absolute Gasteiger partial charge is 0.394 e. The summed E-state index contributed by atoms with van der Waals surface area (Å²) in [5, 5.41) is 108. The molecule has 8 amide bonds. The van der Waals surface area contributed by atoms with Crippen molar-refractivity contribution in [1.82, 2.24) is 42.1 Å². The fraction of sp³-hybridized carbons (Fsp3) is 0.871. The van der Waals surface area contributed by atoms with E-state index in [0.717, 1.165) is 4.90 Å². The number of nitrogens with one attached hydrogen (secondary N) is 7. The fourth-order valence-electron chi connectivity index (χ4n) is 10.9. The molecule has 1 saturated carbocycles. The molecule has 40 nitrogen and oxygen atoms in total. The van der Waals surface area contributed by atoms with Gasteiger partial charge in [-0.15, -0.1) is 0 Å². The molecule has 0 bridgehead atoms. The summed E-state index contributed by atoms with van der Waals surface area (Å²) < 4.78 is 85.5. The molecule has 3 saturated heterocycles. The van der Waals surface area contributed by atoms with Crippen molar-refractivity contribution in [2.75, 3.05) is 152 Å². The third-order valence-electron chi connectivity index (χ3n) is 16.5. The van der Waals surface area contributed by atoms with Gasteiger partial charge in [0.2, 0.25) is 47.3 Å².